The third kappa shape index (κ3) is 2.40. The molecule has 0 aromatic carbocycles. The Bertz CT molecular complexity index is 350. The topological polar surface area (TPSA) is 46.0 Å². The number of hydrogen-bond acceptors (Lipinski definition) is 3. The van der Waals surface area contributed by atoms with Crippen LogP contribution in [-0.4, -0.2) is 15.1 Å². The molecule has 0 aliphatic heterocycles. The zero-order valence-electron chi connectivity index (χ0n) is 10.1. The third-order valence-electron chi connectivity index (χ3n) is 3.70. The molecule has 1 aliphatic carbocycles. The van der Waals surface area contributed by atoms with Gasteiger partial charge in [-0.25, -0.2) is 0 Å². The molecule has 3 nitrogen and oxygen atoms in total. The zero-order valence-corrected chi connectivity index (χ0v) is 10.1. The van der Waals surface area contributed by atoms with Gasteiger partial charge in [0.1, 0.15) is 5.60 Å². The molecule has 0 spiro atoms. The van der Waals surface area contributed by atoms with Crippen LogP contribution in [0.1, 0.15) is 51.6 Å². The summed E-state index contributed by atoms with van der Waals surface area (Å²) in [7, 11) is 0. The second-order valence-corrected chi connectivity index (χ2v) is 5.64. The second-order valence-electron chi connectivity index (χ2n) is 5.64. The summed E-state index contributed by atoms with van der Waals surface area (Å²) in [6.07, 6.45) is 9.86. The number of rotatable bonds is 1. The molecule has 88 valence electrons. The molecule has 0 bridgehead atoms. The first kappa shape index (κ1) is 11.5. The maximum absolute atomic E-state index is 10.7. The summed E-state index contributed by atoms with van der Waals surface area (Å²) in [4.78, 5) is 8.30. The summed E-state index contributed by atoms with van der Waals surface area (Å²) in [5.41, 5.74) is 0.307. The average molecular weight is 220 g/mol. The van der Waals surface area contributed by atoms with Gasteiger partial charge >= 0.3 is 0 Å². The summed E-state index contributed by atoms with van der Waals surface area (Å²) in [6.45, 7) is 4.55. The lowest BCUT2D eigenvalue weighted by molar-refractivity contribution is 0.0134. The van der Waals surface area contributed by atoms with Crippen molar-refractivity contribution < 1.29 is 5.11 Å². The van der Waals surface area contributed by atoms with E-state index in [1.54, 1.807) is 18.6 Å². The molecule has 1 atom stereocenters. The minimum Gasteiger partial charge on any atom is -0.383 e. The molecule has 3 heteroatoms. The molecular weight excluding hydrogens is 200 g/mol. The van der Waals surface area contributed by atoms with Crippen molar-refractivity contribution in [3.8, 4) is 0 Å². The maximum Gasteiger partial charge on any atom is 0.108 e. The smallest absolute Gasteiger partial charge is 0.108 e. The molecule has 0 radical (unpaired) electrons. The molecular formula is C13H20N2O. The molecule has 0 amide bonds. The van der Waals surface area contributed by atoms with E-state index in [9.17, 15) is 5.11 Å². The number of hydrogen-bond donors (Lipinski definition) is 1. The molecule has 16 heavy (non-hydrogen) atoms. The fourth-order valence-corrected chi connectivity index (χ4v) is 2.45. The van der Waals surface area contributed by atoms with E-state index in [0.29, 0.717) is 5.41 Å². The fourth-order valence-electron chi connectivity index (χ4n) is 2.45. The average Bonchev–Trinajstić information content (AvgIpc) is 2.41. The first-order valence-corrected chi connectivity index (χ1v) is 6.01. The SMILES string of the molecule is CC1(C)CCCC(O)(c2cnccn2)CC1. The van der Waals surface area contributed by atoms with Crippen molar-refractivity contribution in [2.45, 2.75) is 51.6 Å². The highest BCUT2D eigenvalue weighted by molar-refractivity contribution is 5.08. The van der Waals surface area contributed by atoms with E-state index in [4.69, 9.17) is 0 Å². The van der Waals surface area contributed by atoms with Crippen LogP contribution in [0, 0.1) is 5.41 Å². The van der Waals surface area contributed by atoms with E-state index in [1.807, 2.05) is 0 Å². The van der Waals surface area contributed by atoms with E-state index in [2.05, 4.69) is 23.8 Å². The maximum atomic E-state index is 10.7. The fraction of sp³-hybridized carbons (Fsp3) is 0.692. The summed E-state index contributed by atoms with van der Waals surface area (Å²) in [5.74, 6) is 0. The Hall–Kier alpha value is -0.960. The van der Waals surface area contributed by atoms with Gasteiger partial charge in [0.2, 0.25) is 0 Å². The van der Waals surface area contributed by atoms with Gasteiger partial charge in [-0.15, -0.1) is 0 Å². The van der Waals surface area contributed by atoms with Gasteiger partial charge in [0, 0.05) is 12.4 Å². The molecule has 1 aromatic rings. The first-order valence-electron chi connectivity index (χ1n) is 6.01. The number of nitrogens with zero attached hydrogens (tertiary/aromatic N) is 2. The van der Waals surface area contributed by atoms with E-state index in [1.165, 1.54) is 6.42 Å². The Morgan fingerprint density at radius 1 is 1.12 bits per heavy atom. The van der Waals surface area contributed by atoms with Gasteiger partial charge in [-0.1, -0.05) is 13.8 Å². The first-order chi connectivity index (χ1) is 7.52. The van der Waals surface area contributed by atoms with Crippen LogP contribution in [0.5, 0.6) is 0 Å². The van der Waals surface area contributed by atoms with E-state index >= 15 is 0 Å². The van der Waals surface area contributed by atoms with Crippen LogP contribution in [0.2, 0.25) is 0 Å². The summed E-state index contributed by atoms with van der Waals surface area (Å²) < 4.78 is 0. The molecule has 0 saturated heterocycles. The predicted octanol–water partition coefficient (Wildman–Crippen LogP) is 2.65. The van der Waals surface area contributed by atoms with Crippen LogP contribution >= 0.6 is 0 Å². The standard InChI is InChI=1S/C13H20N2O/c1-12(2)4-3-5-13(16,7-6-12)11-10-14-8-9-15-11/h8-10,16H,3-7H2,1-2H3. The highest BCUT2D eigenvalue weighted by atomic mass is 16.3. The highest BCUT2D eigenvalue weighted by Gasteiger charge is 2.36. The van der Waals surface area contributed by atoms with Gasteiger partial charge in [0.05, 0.1) is 11.9 Å². The minimum atomic E-state index is -0.762. The van der Waals surface area contributed by atoms with Crippen molar-refractivity contribution in [1.82, 2.24) is 9.97 Å². The quantitative estimate of drug-likeness (QED) is 0.740. The Morgan fingerprint density at radius 2 is 1.94 bits per heavy atom. The molecule has 1 fully saturated rings. The van der Waals surface area contributed by atoms with Crippen molar-refractivity contribution >= 4 is 0 Å². The van der Waals surface area contributed by atoms with Gasteiger partial charge in [0.15, 0.2) is 0 Å². The summed E-state index contributed by atoms with van der Waals surface area (Å²) in [5, 5.41) is 10.7. The van der Waals surface area contributed by atoms with Gasteiger partial charge in [-0.3, -0.25) is 9.97 Å². The van der Waals surface area contributed by atoms with Crippen molar-refractivity contribution in [2.75, 3.05) is 0 Å². The lowest BCUT2D eigenvalue weighted by Crippen LogP contribution is -2.26. The van der Waals surface area contributed by atoms with Crippen molar-refractivity contribution in [1.29, 1.82) is 0 Å². The van der Waals surface area contributed by atoms with Crippen LogP contribution in [0.25, 0.3) is 0 Å². The van der Waals surface area contributed by atoms with Crippen molar-refractivity contribution in [3.63, 3.8) is 0 Å². The Balaban J connectivity index is 2.20. The summed E-state index contributed by atoms with van der Waals surface area (Å²) >= 11 is 0. The van der Waals surface area contributed by atoms with Crippen LogP contribution in [0.4, 0.5) is 0 Å². The minimum absolute atomic E-state index is 0.340. The largest absolute Gasteiger partial charge is 0.383 e. The van der Waals surface area contributed by atoms with Crippen LogP contribution in [0.3, 0.4) is 0 Å². The third-order valence-corrected chi connectivity index (χ3v) is 3.70. The highest BCUT2D eigenvalue weighted by Crippen LogP contribution is 2.41. The van der Waals surface area contributed by atoms with Gasteiger partial charge in [-0.2, -0.15) is 0 Å². The van der Waals surface area contributed by atoms with Gasteiger partial charge in [0.25, 0.3) is 0 Å². The normalized spacial score (nSPS) is 29.7. The Labute approximate surface area is 96.9 Å². The lowest BCUT2D eigenvalue weighted by Gasteiger charge is -2.26. The van der Waals surface area contributed by atoms with Crippen LogP contribution in [-0.2, 0) is 5.60 Å². The van der Waals surface area contributed by atoms with E-state index in [-0.39, 0.29) is 0 Å². The Morgan fingerprint density at radius 3 is 2.62 bits per heavy atom. The number of aromatic nitrogens is 2. The van der Waals surface area contributed by atoms with Crippen LogP contribution in [0.15, 0.2) is 18.6 Å². The van der Waals surface area contributed by atoms with Gasteiger partial charge in [-0.05, 0) is 37.5 Å². The lowest BCUT2D eigenvalue weighted by atomic mass is 9.84. The molecule has 1 heterocycles. The molecule has 2 rings (SSSR count). The second kappa shape index (κ2) is 4.13. The zero-order chi connectivity index (χ0) is 11.6. The molecule has 1 aromatic heterocycles. The van der Waals surface area contributed by atoms with Crippen molar-refractivity contribution in [2.24, 2.45) is 5.41 Å². The Kier molecular flexibility index (Phi) is 2.98. The summed E-state index contributed by atoms with van der Waals surface area (Å²) in [6, 6.07) is 0. The van der Waals surface area contributed by atoms with Crippen molar-refractivity contribution in [3.05, 3.63) is 24.3 Å². The van der Waals surface area contributed by atoms with Crippen LogP contribution < -0.4 is 0 Å². The monoisotopic (exact) mass is 220 g/mol. The van der Waals surface area contributed by atoms with E-state index < -0.39 is 5.60 Å². The number of aliphatic hydroxyl groups is 1. The van der Waals surface area contributed by atoms with Gasteiger partial charge < -0.3 is 5.11 Å². The molecule has 1 N–H and O–H groups in total. The molecule has 1 aliphatic rings. The predicted molar refractivity (Wildman–Crippen MR) is 62.8 cm³/mol. The molecule has 1 unspecified atom stereocenters. The van der Waals surface area contributed by atoms with E-state index in [0.717, 1.165) is 31.4 Å². The molecule has 1 saturated carbocycles.